The lowest BCUT2D eigenvalue weighted by Crippen LogP contribution is -2.34. The molecule has 1 aromatic heterocycles. The van der Waals surface area contributed by atoms with Crippen LogP contribution in [0.2, 0.25) is 0 Å². The van der Waals surface area contributed by atoms with Crippen LogP contribution in [0.1, 0.15) is 30.8 Å². The Morgan fingerprint density at radius 3 is 2.42 bits per heavy atom. The summed E-state index contributed by atoms with van der Waals surface area (Å²) in [6, 6.07) is 9.38. The predicted octanol–water partition coefficient (Wildman–Crippen LogP) is 3.95. The fourth-order valence-corrected chi connectivity index (χ4v) is 2.19. The Hall–Kier alpha value is -1.85. The van der Waals surface area contributed by atoms with Crippen LogP contribution in [0.5, 0.6) is 0 Å². The molecule has 0 aliphatic heterocycles. The molecule has 1 aromatic carbocycles. The molecule has 1 heterocycles. The second-order valence-corrected chi connectivity index (χ2v) is 6.09. The lowest BCUT2D eigenvalue weighted by molar-refractivity contribution is 0.0758. The van der Waals surface area contributed by atoms with Crippen LogP contribution >= 0.6 is 12.4 Å². The van der Waals surface area contributed by atoms with Crippen molar-refractivity contribution in [2.75, 3.05) is 13.6 Å². The number of hydrogen-bond donors (Lipinski definition) is 1. The fraction of sp³-hybridized carbons (Fsp3) is 0.389. The normalized spacial score (nSPS) is 11.9. The Morgan fingerprint density at radius 1 is 1.21 bits per heavy atom. The molecule has 0 radical (unpaired) electrons. The SMILES string of the molecule is CC(C)C(N)CCN(C)C(=O)c1ccc(-c2ccc(F)cc2)o1.Cl. The Kier molecular flexibility index (Phi) is 7.45. The molecular formula is C18H24ClFN2O2. The molecule has 1 atom stereocenters. The highest BCUT2D eigenvalue weighted by atomic mass is 35.5. The van der Waals surface area contributed by atoms with Crippen molar-refractivity contribution in [3.05, 3.63) is 48.0 Å². The molecule has 6 heteroatoms. The van der Waals surface area contributed by atoms with Crippen molar-refractivity contribution < 1.29 is 13.6 Å². The van der Waals surface area contributed by atoms with E-state index in [4.69, 9.17) is 10.2 Å². The van der Waals surface area contributed by atoms with E-state index in [1.807, 2.05) is 0 Å². The topological polar surface area (TPSA) is 59.5 Å². The smallest absolute Gasteiger partial charge is 0.289 e. The van der Waals surface area contributed by atoms with Gasteiger partial charge in [-0.05, 0) is 48.7 Å². The summed E-state index contributed by atoms with van der Waals surface area (Å²) in [7, 11) is 1.73. The lowest BCUT2D eigenvalue weighted by Gasteiger charge is -2.20. The van der Waals surface area contributed by atoms with Gasteiger partial charge >= 0.3 is 0 Å². The first-order chi connectivity index (χ1) is 10.9. The van der Waals surface area contributed by atoms with Crippen LogP contribution in [-0.2, 0) is 0 Å². The highest BCUT2D eigenvalue weighted by Crippen LogP contribution is 2.23. The van der Waals surface area contributed by atoms with E-state index in [0.29, 0.717) is 18.2 Å². The molecule has 2 rings (SSSR count). The van der Waals surface area contributed by atoms with E-state index in [1.54, 1.807) is 36.2 Å². The number of halogens is 2. The van der Waals surface area contributed by atoms with Gasteiger partial charge in [-0.15, -0.1) is 12.4 Å². The number of rotatable bonds is 6. The van der Waals surface area contributed by atoms with Gasteiger partial charge < -0.3 is 15.1 Å². The maximum atomic E-state index is 12.9. The summed E-state index contributed by atoms with van der Waals surface area (Å²) in [4.78, 5) is 14.0. The van der Waals surface area contributed by atoms with E-state index in [9.17, 15) is 9.18 Å². The average molecular weight is 355 g/mol. The van der Waals surface area contributed by atoms with Gasteiger partial charge in [0.05, 0.1) is 0 Å². The Bertz CT molecular complexity index is 655. The van der Waals surface area contributed by atoms with E-state index in [0.717, 1.165) is 12.0 Å². The minimum atomic E-state index is -0.308. The fourth-order valence-electron chi connectivity index (χ4n) is 2.19. The zero-order chi connectivity index (χ0) is 17.0. The summed E-state index contributed by atoms with van der Waals surface area (Å²) in [5.74, 6) is 0.699. The van der Waals surface area contributed by atoms with Crippen molar-refractivity contribution in [2.24, 2.45) is 11.7 Å². The van der Waals surface area contributed by atoms with Gasteiger partial charge in [0.25, 0.3) is 5.91 Å². The third-order valence-electron chi connectivity index (χ3n) is 3.95. The third-order valence-corrected chi connectivity index (χ3v) is 3.95. The van der Waals surface area contributed by atoms with Crippen LogP contribution < -0.4 is 5.73 Å². The summed E-state index contributed by atoms with van der Waals surface area (Å²) in [6.07, 6.45) is 0.742. The van der Waals surface area contributed by atoms with E-state index in [2.05, 4.69) is 13.8 Å². The largest absolute Gasteiger partial charge is 0.451 e. The molecule has 4 nitrogen and oxygen atoms in total. The molecule has 2 N–H and O–H groups in total. The Morgan fingerprint density at radius 2 is 1.83 bits per heavy atom. The number of benzene rings is 1. The zero-order valence-corrected chi connectivity index (χ0v) is 15.0. The molecule has 24 heavy (non-hydrogen) atoms. The molecule has 0 saturated carbocycles. The number of hydrogen-bond acceptors (Lipinski definition) is 3. The number of amides is 1. The van der Waals surface area contributed by atoms with E-state index in [-0.39, 0.29) is 35.9 Å². The summed E-state index contributed by atoms with van der Waals surface area (Å²) in [5.41, 5.74) is 6.74. The van der Waals surface area contributed by atoms with Crippen molar-refractivity contribution in [3.63, 3.8) is 0 Å². The van der Waals surface area contributed by atoms with Crippen molar-refractivity contribution >= 4 is 18.3 Å². The molecule has 1 unspecified atom stereocenters. The van der Waals surface area contributed by atoms with Crippen LogP contribution in [0.3, 0.4) is 0 Å². The van der Waals surface area contributed by atoms with Gasteiger partial charge in [-0.1, -0.05) is 13.8 Å². The van der Waals surface area contributed by atoms with Crippen molar-refractivity contribution in [2.45, 2.75) is 26.3 Å². The van der Waals surface area contributed by atoms with Crippen molar-refractivity contribution in [1.29, 1.82) is 0 Å². The van der Waals surface area contributed by atoms with Gasteiger partial charge in [0.15, 0.2) is 5.76 Å². The van der Waals surface area contributed by atoms with E-state index < -0.39 is 0 Å². The quantitative estimate of drug-likeness (QED) is 0.854. The molecule has 0 fully saturated rings. The van der Waals surface area contributed by atoms with Crippen molar-refractivity contribution in [3.8, 4) is 11.3 Å². The van der Waals surface area contributed by atoms with Gasteiger partial charge in [0, 0.05) is 25.2 Å². The first kappa shape index (κ1) is 20.2. The second kappa shape index (κ2) is 8.85. The Balaban J connectivity index is 0.00000288. The summed E-state index contributed by atoms with van der Waals surface area (Å²) in [5, 5.41) is 0. The minimum absolute atomic E-state index is 0. The molecule has 132 valence electrons. The molecule has 2 aromatic rings. The number of nitrogens with zero attached hydrogens (tertiary/aromatic N) is 1. The highest BCUT2D eigenvalue weighted by Gasteiger charge is 2.18. The van der Waals surface area contributed by atoms with Crippen LogP contribution in [0, 0.1) is 11.7 Å². The molecule has 0 bridgehead atoms. The molecule has 0 saturated heterocycles. The van der Waals surface area contributed by atoms with E-state index >= 15 is 0 Å². The predicted molar refractivity (Wildman–Crippen MR) is 95.7 cm³/mol. The standard InChI is InChI=1S/C18H23FN2O2.ClH/c1-12(2)15(20)10-11-21(3)18(22)17-9-8-16(23-17)13-4-6-14(19)7-5-13;/h4-9,12,15H,10-11,20H2,1-3H3;1H. The van der Waals surface area contributed by atoms with Gasteiger partial charge in [0.2, 0.25) is 0 Å². The molecule has 0 aliphatic carbocycles. The maximum Gasteiger partial charge on any atom is 0.289 e. The monoisotopic (exact) mass is 354 g/mol. The first-order valence-corrected chi connectivity index (χ1v) is 7.75. The van der Waals surface area contributed by atoms with Gasteiger partial charge in [-0.2, -0.15) is 0 Å². The number of carbonyl (C=O) groups is 1. The van der Waals surface area contributed by atoms with Crippen LogP contribution in [0.25, 0.3) is 11.3 Å². The highest BCUT2D eigenvalue weighted by molar-refractivity contribution is 5.91. The second-order valence-electron chi connectivity index (χ2n) is 6.09. The molecule has 1 amide bonds. The third kappa shape index (κ3) is 5.08. The maximum absolute atomic E-state index is 12.9. The van der Waals surface area contributed by atoms with Gasteiger partial charge in [-0.3, -0.25) is 4.79 Å². The van der Waals surface area contributed by atoms with Gasteiger partial charge in [0.1, 0.15) is 11.6 Å². The summed E-state index contributed by atoms with van der Waals surface area (Å²) < 4.78 is 18.5. The molecular weight excluding hydrogens is 331 g/mol. The lowest BCUT2D eigenvalue weighted by atomic mass is 10.0. The first-order valence-electron chi connectivity index (χ1n) is 7.75. The molecule has 0 spiro atoms. The minimum Gasteiger partial charge on any atom is -0.451 e. The van der Waals surface area contributed by atoms with Crippen LogP contribution in [0.15, 0.2) is 40.8 Å². The number of furan rings is 1. The van der Waals surface area contributed by atoms with Crippen molar-refractivity contribution in [1.82, 2.24) is 4.90 Å². The van der Waals surface area contributed by atoms with E-state index in [1.165, 1.54) is 12.1 Å². The van der Waals surface area contributed by atoms with Crippen LogP contribution in [-0.4, -0.2) is 30.4 Å². The average Bonchev–Trinajstić information content (AvgIpc) is 3.01. The Labute approximate surface area is 148 Å². The summed E-state index contributed by atoms with van der Waals surface area (Å²) >= 11 is 0. The van der Waals surface area contributed by atoms with Gasteiger partial charge in [-0.25, -0.2) is 4.39 Å². The zero-order valence-electron chi connectivity index (χ0n) is 14.2. The molecule has 0 aliphatic rings. The van der Waals surface area contributed by atoms with Crippen LogP contribution in [0.4, 0.5) is 4.39 Å². The number of carbonyl (C=O) groups excluding carboxylic acids is 1. The number of nitrogens with two attached hydrogens (primary N) is 1. The summed E-state index contributed by atoms with van der Waals surface area (Å²) in [6.45, 7) is 4.70.